The van der Waals surface area contributed by atoms with E-state index in [4.69, 9.17) is 4.74 Å². The summed E-state index contributed by atoms with van der Waals surface area (Å²) in [5, 5.41) is 11.4. The second-order valence-electron chi connectivity index (χ2n) is 7.19. The zero-order valence-corrected chi connectivity index (χ0v) is 16.8. The van der Waals surface area contributed by atoms with Gasteiger partial charge in [0.2, 0.25) is 5.60 Å². The first-order chi connectivity index (χ1) is 12.9. The van der Waals surface area contributed by atoms with Crippen LogP contribution in [0.4, 0.5) is 0 Å². The summed E-state index contributed by atoms with van der Waals surface area (Å²) in [6.07, 6.45) is -0.287. The van der Waals surface area contributed by atoms with Crippen LogP contribution < -0.4 is 4.90 Å². The fraction of sp³-hybridized carbons (Fsp3) is 0.435. The summed E-state index contributed by atoms with van der Waals surface area (Å²) in [4.78, 5) is 14.6. The molecule has 4 heteroatoms. The van der Waals surface area contributed by atoms with Gasteiger partial charge < -0.3 is 14.7 Å². The Hall–Kier alpha value is -2.17. The molecule has 0 unspecified atom stereocenters. The molecule has 0 fully saturated rings. The number of rotatable bonds is 9. The number of ether oxygens (including phenoxy) is 1. The van der Waals surface area contributed by atoms with Crippen molar-refractivity contribution in [3.63, 3.8) is 0 Å². The number of carbonyl (C=O) groups excluding carboxylic acids is 1. The van der Waals surface area contributed by atoms with E-state index in [0.29, 0.717) is 11.1 Å². The first kappa shape index (κ1) is 21.1. The molecule has 146 valence electrons. The summed E-state index contributed by atoms with van der Waals surface area (Å²) in [6.45, 7) is 11.3. The standard InChI is InChI=1S/C23H31NO3/c1-5-24(6-2)17-18(3)19(4)27-22(25)23(26,20-13-9-7-10-14-20)21-15-11-8-12-16-21/h7-16,18-19,26H,5-6,17H2,1-4H3/p+1/t18-,19-/m1/s1. The number of hydrogen-bond acceptors (Lipinski definition) is 3. The average molecular weight is 371 g/mol. The number of aliphatic hydroxyl groups is 1. The summed E-state index contributed by atoms with van der Waals surface area (Å²) in [7, 11) is 0. The Morgan fingerprint density at radius 1 is 0.963 bits per heavy atom. The Balaban J connectivity index is 2.25. The van der Waals surface area contributed by atoms with Gasteiger partial charge in [-0.05, 0) is 31.9 Å². The van der Waals surface area contributed by atoms with E-state index in [0.717, 1.165) is 19.6 Å². The van der Waals surface area contributed by atoms with Crippen molar-refractivity contribution >= 4 is 5.97 Å². The molecule has 2 N–H and O–H groups in total. The normalized spacial score (nSPS) is 14.0. The Kier molecular flexibility index (Phi) is 7.57. The molecule has 0 heterocycles. The third kappa shape index (κ3) is 4.96. The highest BCUT2D eigenvalue weighted by atomic mass is 16.6. The minimum absolute atomic E-state index is 0.194. The van der Waals surface area contributed by atoms with E-state index in [-0.39, 0.29) is 12.0 Å². The number of carbonyl (C=O) groups is 1. The smallest absolute Gasteiger partial charge is 0.347 e. The molecule has 2 atom stereocenters. The molecular weight excluding hydrogens is 338 g/mol. The Morgan fingerprint density at radius 3 is 1.81 bits per heavy atom. The molecule has 0 aliphatic carbocycles. The largest absolute Gasteiger partial charge is 0.459 e. The van der Waals surface area contributed by atoms with Crippen molar-refractivity contribution in [3.8, 4) is 0 Å². The summed E-state index contributed by atoms with van der Waals surface area (Å²) in [5.41, 5.74) is -0.802. The lowest BCUT2D eigenvalue weighted by atomic mass is 9.86. The number of quaternary nitrogens is 1. The lowest BCUT2D eigenvalue weighted by Crippen LogP contribution is -3.12. The monoisotopic (exact) mass is 370 g/mol. The van der Waals surface area contributed by atoms with Crippen LogP contribution in [0.3, 0.4) is 0 Å². The van der Waals surface area contributed by atoms with E-state index in [1.165, 1.54) is 4.90 Å². The molecule has 0 aliphatic heterocycles. The molecule has 2 rings (SSSR count). The molecule has 0 aromatic heterocycles. The van der Waals surface area contributed by atoms with Crippen molar-refractivity contribution in [3.05, 3.63) is 71.8 Å². The highest BCUT2D eigenvalue weighted by Crippen LogP contribution is 2.31. The van der Waals surface area contributed by atoms with Gasteiger partial charge in [-0.25, -0.2) is 4.79 Å². The maximum atomic E-state index is 13.1. The zero-order chi connectivity index (χ0) is 19.9. The fourth-order valence-electron chi connectivity index (χ4n) is 3.29. The number of benzene rings is 2. The van der Waals surface area contributed by atoms with Gasteiger partial charge in [-0.15, -0.1) is 0 Å². The molecule has 0 saturated heterocycles. The van der Waals surface area contributed by atoms with E-state index in [9.17, 15) is 9.90 Å². The van der Waals surface area contributed by atoms with Crippen LogP contribution in [0, 0.1) is 5.92 Å². The number of hydrogen-bond donors (Lipinski definition) is 2. The van der Waals surface area contributed by atoms with E-state index in [2.05, 4.69) is 20.8 Å². The molecule has 0 spiro atoms. The van der Waals surface area contributed by atoms with Crippen molar-refractivity contribution in [1.29, 1.82) is 0 Å². The molecular formula is C23H32NO3+. The van der Waals surface area contributed by atoms with Gasteiger partial charge in [-0.2, -0.15) is 0 Å². The van der Waals surface area contributed by atoms with Crippen LogP contribution in [0.1, 0.15) is 38.8 Å². The first-order valence-electron chi connectivity index (χ1n) is 9.81. The van der Waals surface area contributed by atoms with Gasteiger partial charge in [0, 0.05) is 5.92 Å². The summed E-state index contributed by atoms with van der Waals surface area (Å²) < 4.78 is 5.77. The van der Waals surface area contributed by atoms with E-state index in [1.54, 1.807) is 24.3 Å². The van der Waals surface area contributed by atoms with Crippen LogP contribution >= 0.6 is 0 Å². The minimum atomic E-state index is -1.82. The second kappa shape index (κ2) is 9.67. The number of esters is 1. The second-order valence-corrected chi connectivity index (χ2v) is 7.19. The summed E-state index contributed by atoms with van der Waals surface area (Å²) >= 11 is 0. The van der Waals surface area contributed by atoms with Crippen LogP contribution in [0.2, 0.25) is 0 Å². The Morgan fingerprint density at radius 2 is 1.41 bits per heavy atom. The zero-order valence-electron chi connectivity index (χ0n) is 16.8. The quantitative estimate of drug-likeness (QED) is 0.667. The summed E-state index contributed by atoms with van der Waals surface area (Å²) in [6, 6.07) is 18.0. The third-order valence-corrected chi connectivity index (χ3v) is 5.38. The van der Waals surface area contributed by atoms with E-state index < -0.39 is 11.6 Å². The van der Waals surface area contributed by atoms with Gasteiger partial charge in [-0.3, -0.25) is 0 Å². The predicted molar refractivity (Wildman–Crippen MR) is 108 cm³/mol. The highest BCUT2D eigenvalue weighted by molar-refractivity contribution is 5.85. The van der Waals surface area contributed by atoms with Gasteiger partial charge in [0.1, 0.15) is 6.10 Å². The minimum Gasteiger partial charge on any atom is -0.459 e. The maximum Gasteiger partial charge on any atom is 0.347 e. The van der Waals surface area contributed by atoms with Crippen LogP contribution in [-0.4, -0.2) is 36.8 Å². The van der Waals surface area contributed by atoms with Crippen molar-refractivity contribution in [2.24, 2.45) is 5.92 Å². The van der Waals surface area contributed by atoms with Crippen molar-refractivity contribution in [1.82, 2.24) is 0 Å². The Labute approximate surface area is 162 Å². The molecule has 0 amide bonds. The van der Waals surface area contributed by atoms with E-state index >= 15 is 0 Å². The summed E-state index contributed by atoms with van der Waals surface area (Å²) in [5.74, 6) is -0.437. The molecule has 2 aromatic rings. The molecule has 4 nitrogen and oxygen atoms in total. The molecule has 0 bridgehead atoms. The van der Waals surface area contributed by atoms with Gasteiger partial charge >= 0.3 is 5.97 Å². The fourth-order valence-corrected chi connectivity index (χ4v) is 3.29. The average Bonchev–Trinajstić information content (AvgIpc) is 2.72. The maximum absolute atomic E-state index is 13.1. The molecule has 2 aromatic carbocycles. The molecule has 0 radical (unpaired) electrons. The highest BCUT2D eigenvalue weighted by Gasteiger charge is 2.42. The van der Waals surface area contributed by atoms with Crippen molar-refractivity contribution < 1.29 is 19.5 Å². The molecule has 0 saturated carbocycles. The number of nitrogens with one attached hydrogen (secondary N) is 1. The van der Waals surface area contributed by atoms with Crippen LogP contribution in [0.5, 0.6) is 0 Å². The Bertz CT molecular complexity index is 659. The predicted octanol–water partition coefficient (Wildman–Crippen LogP) is 2.42. The first-order valence-corrected chi connectivity index (χ1v) is 9.81. The SMILES string of the molecule is CC[NH+](CC)C[C@@H](C)[C@@H](C)OC(=O)C(O)(c1ccccc1)c1ccccc1. The van der Waals surface area contributed by atoms with Gasteiger partial charge in [0.15, 0.2) is 0 Å². The van der Waals surface area contributed by atoms with E-state index in [1.807, 2.05) is 43.3 Å². The molecule has 27 heavy (non-hydrogen) atoms. The van der Waals surface area contributed by atoms with Crippen molar-refractivity contribution in [2.45, 2.75) is 39.4 Å². The van der Waals surface area contributed by atoms with Crippen LogP contribution in [0.25, 0.3) is 0 Å². The van der Waals surface area contributed by atoms with Gasteiger partial charge in [0.05, 0.1) is 19.6 Å². The van der Waals surface area contributed by atoms with Gasteiger partial charge in [0.25, 0.3) is 0 Å². The third-order valence-electron chi connectivity index (χ3n) is 5.38. The van der Waals surface area contributed by atoms with Crippen LogP contribution in [-0.2, 0) is 15.1 Å². The van der Waals surface area contributed by atoms with Crippen LogP contribution in [0.15, 0.2) is 60.7 Å². The lowest BCUT2D eigenvalue weighted by Gasteiger charge is -2.31. The lowest BCUT2D eigenvalue weighted by molar-refractivity contribution is -0.900. The molecule has 0 aliphatic rings. The topological polar surface area (TPSA) is 51.0 Å². The van der Waals surface area contributed by atoms with Crippen molar-refractivity contribution in [2.75, 3.05) is 19.6 Å². The van der Waals surface area contributed by atoms with Gasteiger partial charge in [-0.1, -0.05) is 67.6 Å².